The first-order valence-corrected chi connectivity index (χ1v) is 9.55. The number of nitrogens with one attached hydrogen (secondary N) is 1. The molecule has 5 nitrogen and oxygen atoms in total. The molecule has 0 radical (unpaired) electrons. The zero-order chi connectivity index (χ0) is 18.2. The van der Waals surface area contributed by atoms with Crippen molar-refractivity contribution in [3.8, 4) is 0 Å². The van der Waals surface area contributed by atoms with Crippen LogP contribution in [0.25, 0.3) is 0 Å². The summed E-state index contributed by atoms with van der Waals surface area (Å²) in [5.74, 6) is 1.84. The Balaban J connectivity index is 0.00000261. The van der Waals surface area contributed by atoms with Crippen LogP contribution in [0.4, 0.5) is 0 Å². The van der Waals surface area contributed by atoms with Gasteiger partial charge in [-0.25, -0.2) is 9.98 Å². The molecule has 1 aromatic carbocycles. The summed E-state index contributed by atoms with van der Waals surface area (Å²) in [5, 5.41) is 6.63. The molecule has 0 atom stereocenters. The Bertz CT molecular complexity index is 818. The molecule has 0 saturated carbocycles. The summed E-state index contributed by atoms with van der Waals surface area (Å²) in [7, 11) is 2.04. The monoisotopic (exact) mass is 496 g/mol. The zero-order valence-corrected chi connectivity index (χ0v) is 18.7. The van der Waals surface area contributed by atoms with E-state index in [1.54, 1.807) is 17.6 Å². The van der Waals surface area contributed by atoms with Gasteiger partial charge >= 0.3 is 0 Å². The number of rotatable bonds is 7. The van der Waals surface area contributed by atoms with Crippen molar-refractivity contribution in [2.75, 3.05) is 13.6 Å². The highest BCUT2D eigenvalue weighted by Gasteiger charge is 2.09. The summed E-state index contributed by atoms with van der Waals surface area (Å²) < 4.78 is 5.40. The van der Waals surface area contributed by atoms with Crippen LogP contribution in [-0.4, -0.2) is 29.4 Å². The van der Waals surface area contributed by atoms with Crippen molar-refractivity contribution in [3.05, 3.63) is 76.1 Å². The maximum absolute atomic E-state index is 5.40. The van der Waals surface area contributed by atoms with E-state index in [4.69, 9.17) is 9.41 Å². The van der Waals surface area contributed by atoms with Gasteiger partial charge in [0, 0.05) is 25.4 Å². The van der Waals surface area contributed by atoms with E-state index in [0.29, 0.717) is 6.54 Å². The highest BCUT2D eigenvalue weighted by molar-refractivity contribution is 14.0. The van der Waals surface area contributed by atoms with Gasteiger partial charge in [-0.3, -0.25) is 0 Å². The van der Waals surface area contributed by atoms with E-state index in [-0.39, 0.29) is 24.0 Å². The SMILES string of the molecule is Cc1nc(CN(C)C(=NCc2ccccc2)NCCc2ccco2)cs1.I. The number of benzene rings is 1. The molecule has 2 heterocycles. The van der Waals surface area contributed by atoms with E-state index in [1.807, 2.05) is 44.3 Å². The van der Waals surface area contributed by atoms with E-state index < -0.39 is 0 Å². The van der Waals surface area contributed by atoms with E-state index in [9.17, 15) is 0 Å². The lowest BCUT2D eigenvalue weighted by Gasteiger charge is -2.21. The number of aromatic nitrogens is 1. The van der Waals surface area contributed by atoms with E-state index in [2.05, 4.69) is 32.7 Å². The summed E-state index contributed by atoms with van der Waals surface area (Å²) in [5.41, 5.74) is 2.26. The normalized spacial score (nSPS) is 11.1. The van der Waals surface area contributed by atoms with Crippen LogP contribution in [0, 0.1) is 6.92 Å². The Morgan fingerprint density at radius 2 is 2.04 bits per heavy atom. The van der Waals surface area contributed by atoms with Crippen molar-refractivity contribution in [2.24, 2.45) is 4.99 Å². The van der Waals surface area contributed by atoms with Crippen molar-refractivity contribution in [2.45, 2.75) is 26.4 Å². The van der Waals surface area contributed by atoms with Crippen LogP contribution in [0.15, 0.2) is 63.5 Å². The van der Waals surface area contributed by atoms with Gasteiger partial charge in [-0.2, -0.15) is 0 Å². The van der Waals surface area contributed by atoms with E-state index in [0.717, 1.165) is 41.9 Å². The number of aliphatic imine (C=N–C) groups is 1. The second-order valence-electron chi connectivity index (χ2n) is 6.10. The van der Waals surface area contributed by atoms with Crippen molar-refractivity contribution < 1.29 is 4.42 Å². The number of hydrogen-bond donors (Lipinski definition) is 1. The maximum atomic E-state index is 5.40. The van der Waals surface area contributed by atoms with Gasteiger partial charge in [-0.1, -0.05) is 30.3 Å². The molecule has 2 aromatic heterocycles. The molecule has 0 spiro atoms. The van der Waals surface area contributed by atoms with Crippen molar-refractivity contribution >= 4 is 41.3 Å². The Hall–Kier alpha value is -1.87. The predicted octanol–water partition coefficient (Wildman–Crippen LogP) is 4.48. The molecular formula is C20H25IN4OS. The van der Waals surface area contributed by atoms with Gasteiger partial charge in [0.25, 0.3) is 0 Å². The summed E-state index contributed by atoms with van der Waals surface area (Å²) in [4.78, 5) is 11.5. The number of hydrogen-bond acceptors (Lipinski definition) is 4. The molecule has 0 unspecified atom stereocenters. The average Bonchev–Trinajstić information content (AvgIpc) is 3.30. The van der Waals surface area contributed by atoms with Crippen LogP contribution < -0.4 is 5.32 Å². The molecule has 1 N–H and O–H groups in total. The highest BCUT2D eigenvalue weighted by Crippen LogP contribution is 2.10. The van der Waals surface area contributed by atoms with Gasteiger partial charge in [-0.15, -0.1) is 35.3 Å². The van der Waals surface area contributed by atoms with Crippen LogP contribution >= 0.6 is 35.3 Å². The Labute approximate surface area is 181 Å². The number of furan rings is 1. The molecule has 0 aliphatic rings. The lowest BCUT2D eigenvalue weighted by Crippen LogP contribution is -2.39. The fourth-order valence-corrected chi connectivity index (χ4v) is 3.22. The number of halogens is 1. The standard InChI is InChI=1S/C20H24N4OS.HI/c1-16-23-18(15-26-16)14-24(2)20(21-11-10-19-9-6-12-25-19)22-13-17-7-4-3-5-8-17;/h3-9,12,15H,10-11,13-14H2,1-2H3,(H,21,22);1H. The minimum Gasteiger partial charge on any atom is -0.469 e. The second kappa shape index (κ2) is 11.1. The molecular weight excluding hydrogens is 471 g/mol. The molecule has 0 bridgehead atoms. The molecule has 0 amide bonds. The fraction of sp³-hybridized carbons (Fsp3) is 0.300. The summed E-state index contributed by atoms with van der Waals surface area (Å²) in [6.07, 6.45) is 2.53. The molecule has 0 aliphatic carbocycles. The molecule has 27 heavy (non-hydrogen) atoms. The Morgan fingerprint density at radius 3 is 2.70 bits per heavy atom. The summed E-state index contributed by atoms with van der Waals surface area (Å²) in [6, 6.07) is 14.2. The van der Waals surface area contributed by atoms with Crippen molar-refractivity contribution in [3.63, 3.8) is 0 Å². The third-order valence-corrected chi connectivity index (χ3v) is 4.74. The van der Waals surface area contributed by atoms with E-state index >= 15 is 0 Å². The van der Waals surface area contributed by atoms with Crippen LogP contribution in [-0.2, 0) is 19.5 Å². The van der Waals surface area contributed by atoms with Gasteiger partial charge < -0.3 is 14.6 Å². The molecule has 0 fully saturated rings. The maximum Gasteiger partial charge on any atom is 0.194 e. The van der Waals surface area contributed by atoms with Gasteiger partial charge in [0.1, 0.15) is 5.76 Å². The van der Waals surface area contributed by atoms with Crippen molar-refractivity contribution in [1.29, 1.82) is 0 Å². The third kappa shape index (κ3) is 6.99. The lowest BCUT2D eigenvalue weighted by atomic mass is 10.2. The first-order valence-electron chi connectivity index (χ1n) is 8.67. The topological polar surface area (TPSA) is 53.7 Å². The van der Waals surface area contributed by atoms with Gasteiger partial charge in [-0.05, 0) is 24.6 Å². The largest absolute Gasteiger partial charge is 0.469 e. The quantitative estimate of drug-likeness (QED) is 0.298. The van der Waals surface area contributed by atoms with E-state index in [1.165, 1.54) is 5.56 Å². The van der Waals surface area contributed by atoms with Crippen LogP contribution in [0.3, 0.4) is 0 Å². The fourth-order valence-electron chi connectivity index (χ4n) is 2.61. The van der Waals surface area contributed by atoms with Crippen LogP contribution in [0.2, 0.25) is 0 Å². The zero-order valence-electron chi connectivity index (χ0n) is 15.6. The number of thiazole rings is 1. The minimum absolute atomic E-state index is 0. The first kappa shape index (κ1) is 21.4. The molecule has 144 valence electrons. The first-order chi connectivity index (χ1) is 12.7. The Kier molecular flexibility index (Phi) is 8.80. The second-order valence-corrected chi connectivity index (χ2v) is 7.16. The molecule has 0 aliphatic heterocycles. The molecule has 3 aromatic rings. The minimum atomic E-state index is 0. The predicted molar refractivity (Wildman–Crippen MR) is 122 cm³/mol. The number of guanidine groups is 1. The average molecular weight is 496 g/mol. The molecule has 7 heteroatoms. The van der Waals surface area contributed by atoms with Crippen LogP contribution in [0.1, 0.15) is 22.0 Å². The Morgan fingerprint density at radius 1 is 1.22 bits per heavy atom. The molecule has 3 rings (SSSR count). The lowest BCUT2D eigenvalue weighted by molar-refractivity contribution is 0.463. The number of nitrogens with zero attached hydrogens (tertiary/aromatic N) is 3. The van der Waals surface area contributed by atoms with Crippen molar-refractivity contribution in [1.82, 2.24) is 15.2 Å². The summed E-state index contributed by atoms with van der Waals surface area (Å²) >= 11 is 1.67. The van der Waals surface area contributed by atoms with Gasteiger partial charge in [0.15, 0.2) is 5.96 Å². The molecule has 0 saturated heterocycles. The smallest absolute Gasteiger partial charge is 0.194 e. The van der Waals surface area contributed by atoms with Gasteiger partial charge in [0.05, 0.1) is 30.1 Å². The third-order valence-electron chi connectivity index (χ3n) is 3.92. The highest BCUT2D eigenvalue weighted by atomic mass is 127. The van der Waals surface area contributed by atoms with Crippen LogP contribution in [0.5, 0.6) is 0 Å². The summed E-state index contributed by atoms with van der Waals surface area (Å²) in [6.45, 7) is 4.16. The van der Waals surface area contributed by atoms with Gasteiger partial charge in [0.2, 0.25) is 0 Å². The number of aryl methyl sites for hydroxylation is 1.